The molecule has 2 rings (SSSR count). The zero-order valence-electron chi connectivity index (χ0n) is 12.5. The molecule has 2 unspecified atom stereocenters. The van der Waals surface area contributed by atoms with Crippen molar-refractivity contribution in [2.45, 2.75) is 52.0 Å². The fourth-order valence-corrected chi connectivity index (χ4v) is 2.90. The van der Waals surface area contributed by atoms with Gasteiger partial charge < -0.3 is 10.1 Å². The third-order valence-electron chi connectivity index (χ3n) is 3.90. The van der Waals surface area contributed by atoms with Crippen molar-refractivity contribution in [1.82, 2.24) is 5.32 Å². The quantitative estimate of drug-likeness (QED) is 0.895. The van der Waals surface area contributed by atoms with E-state index in [2.05, 4.69) is 12.2 Å². The molecular weight excluding hydrogens is 250 g/mol. The summed E-state index contributed by atoms with van der Waals surface area (Å²) in [6.45, 7) is 4.90. The molecule has 20 heavy (non-hydrogen) atoms. The van der Waals surface area contributed by atoms with Crippen molar-refractivity contribution in [3.63, 3.8) is 0 Å². The van der Waals surface area contributed by atoms with Crippen molar-refractivity contribution in [3.05, 3.63) is 29.8 Å². The summed E-state index contributed by atoms with van der Waals surface area (Å²) in [5.74, 6) is 1.73. The second-order valence-electron chi connectivity index (χ2n) is 5.79. The zero-order valence-corrected chi connectivity index (χ0v) is 12.5. The molecule has 0 heterocycles. The second-order valence-corrected chi connectivity index (χ2v) is 5.79. The van der Waals surface area contributed by atoms with Gasteiger partial charge in [0, 0.05) is 6.04 Å². The SMILES string of the molecule is CCOc1ccc(CC(=O)NC2CCCC(C)C2)cc1. The average molecular weight is 275 g/mol. The first-order valence-electron chi connectivity index (χ1n) is 7.68. The minimum Gasteiger partial charge on any atom is -0.494 e. The molecule has 0 saturated heterocycles. The van der Waals surface area contributed by atoms with E-state index in [9.17, 15) is 4.79 Å². The molecule has 1 N–H and O–H groups in total. The number of hydrogen-bond donors (Lipinski definition) is 1. The Bertz CT molecular complexity index is 427. The molecule has 1 aromatic carbocycles. The van der Waals surface area contributed by atoms with Gasteiger partial charge in [-0.2, -0.15) is 0 Å². The number of benzene rings is 1. The third kappa shape index (κ3) is 4.55. The number of amides is 1. The van der Waals surface area contributed by atoms with Crippen LogP contribution in [-0.4, -0.2) is 18.6 Å². The smallest absolute Gasteiger partial charge is 0.224 e. The lowest BCUT2D eigenvalue weighted by Gasteiger charge is -2.27. The van der Waals surface area contributed by atoms with Gasteiger partial charge in [-0.25, -0.2) is 0 Å². The summed E-state index contributed by atoms with van der Waals surface area (Å²) in [6, 6.07) is 8.15. The van der Waals surface area contributed by atoms with Crippen LogP contribution in [0.5, 0.6) is 5.75 Å². The van der Waals surface area contributed by atoms with Crippen LogP contribution in [0.25, 0.3) is 0 Å². The van der Waals surface area contributed by atoms with E-state index in [1.807, 2.05) is 31.2 Å². The van der Waals surface area contributed by atoms with Crippen LogP contribution in [0, 0.1) is 5.92 Å². The van der Waals surface area contributed by atoms with Crippen molar-refractivity contribution in [3.8, 4) is 5.75 Å². The highest BCUT2D eigenvalue weighted by molar-refractivity contribution is 5.78. The van der Waals surface area contributed by atoms with Crippen LogP contribution < -0.4 is 10.1 Å². The zero-order chi connectivity index (χ0) is 14.4. The topological polar surface area (TPSA) is 38.3 Å². The predicted octanol–water partition coefficient (Wildman–Crippen LogP) is 3.32. The molecule has 110 valence electrons. The molecule has 1 aliphatic carbocycles. The standard InChI is InChI=1S/C17H25NO2/c1-3-20-16-9-7-14(8-10-16)12-17(19)18-15-6-4-5-13(2)11-15/h7-10,13,15H,3-6,11-12H2,1-2H3,(H,18,19). The van der Waals surface area contributed by atoms with Crippen molar-refractivity contribution >= 4 is 5.91 Å². The molecule has 0 radical (unpaired) electrons. The molecule has 0 spiro atoms. The number of rotatable bonds is 5. The van der Waals surface area contributed by atoms with Gasteiger partial charge in [-0.15, -0.1) is 0 Å². The van der Waals surface area contributed by atoms with E-state index in [4.69, 9.17) is 4.74 Å². The van der Waals surface area contributed by atoms with Gasteiger partial charge in [0.05, 0.1) is 13.0 Å². The number of ether oxygens (including phenoxy) is 1. The molecule has 0 aliphatic heterocycles. The molecule has 1 saturated carbocycles. The van der Waals surface area contributed by atoms with Crippen LogP contribution in [0.3, 0.4) is 0 Å². The molecule has 1 aliphatic rings. The molecule has 2 atom stereocenters. The molecule has 0 bridgehead atoms. The fourth-order valence-electron chi connectivity index (χ4n) is 2.90. The Labute approximate surface area is 121 Å². The summed E-state index contributed by atoms with van der Waals surface area (Å²) in [4.78, 5) is 12.1. The second kappa shape index (κ2) is 7.32. The molecule has 3 nitrogen and oxygen atoms in total. The van der Waals surface area contributed by atoms with Crippen molar-refractivity contribution < 1.29 is 9.53 Å². The van der Waals surface area contributed by atoms with Gasteiger partial charge in [-0.1, -0.05) is 31.9 Å². The number of carbonyl (C=O) groups is 1. The summed E-state index contributed by atoms with van der Waals surface area (Å²) in [7, 11) is 0. The Kier molecular flexibility index (Phi) is 5.45. The van der Waals surface area contributed by atoms with Crippen LogP contribution in [0.4, 0.5) is 0 Å². The van der Waals surface area contributed by atoms with Gasteiger partial charge in [-0.05, 0) is 43.4 Å². The maximum Gasteiger partial charge on any atom is 0.224 e. The lowest BCUT2D eigenvalue weighted by Crippen LogP contribution is -2.38. The minimum atomic E-state index is 0.133. The van der Waals surface area contributed by atoms with Crippen LogP contribution in [0.15, 0.2) is 24.3 Å². The van der Waals surface area contributed by atoms with Crippen LogP contribution >= 0.6 is 0 Å². The van der Waals surface area contributed by atoms with Crippen molar-refractivity contribution in [2.75, 3.05) is 6.61 Å². The first-order chi connectivity index (χ1) is 9.67. The summed E-state index contributed by atoms with van der Waals surface area (Å²) in [5.41, 5.74) is 1.04. The van der Waals surface area contributed by atoms with Gasteiger partial charge in [0.1, 0.15) is 5.75 Å². The molecule has 0 aromatic heterocycles. The molecule has 1 amide bonds. The maximum absolute atomic E-state index is 12.1. The Hall–Kier alpha value is -1.51. The predicted molar refractivity (Wildman–Crippen MR) is 80.9 cm³/mol. The number of carbonyl (C=O) groups excluding carboxylic acids is 1. The number of hydrogen-bond acceptors (Lipinski definition) is 2. The van der Waals surface area contributed by atoms with Crippen LogP contribution in [0.1, 0.15) is 45.1 Å². The summed E-state index contributed by atoms with van der Waals surface area (Å²) in [6.07, 6.45) is 5.23. The van der Waals surface area contributed by atoms with Gasteiger partial charge >= 0.3 is 0 Å². The first kappa shape index (κ1) is 14.9. The lowest BCUT2D eigenvalue weighted by molar-refractivity contribution is -0.121. The maximum atomic E-state index is 12.1. The Morgan fingerprint density at radius 1 is 1.30 bits per heavy atom. The van der Waals surface area contributed by atoms with E-state index in [1.165, 1.54) is 12.8 Å². The van der Waals surface area contributed by atoms with E-state index in [1.54, 1.807) is 0 Å². The van der Waals surface area contributed by atoms with Crippen LogP contribution in [-0.2, 0) is 11.2 Å². The lowest BCUT2D eigenvalue weighted by atomic mass is 9.87. The highest BCUT2D eigenvalue weighted by Crippen LogP contribution is 2.23. The van der Waals surface area contributed by atoms with Gasteiger partial charge in [0.2, 0.25) is 5.91 Å². The molecule has 1 fully saturated rings. The Morgan fingerprint density at radius 2 is 2.05 bits per heavy atom. The van der Waals surface area contributed by atoms with E-state index in [0.717, 1.165) is 30.1 Å². The largest absolute Gasteiger partial charge is 0.494 e. The summed E-state index contributed by atoms with van der Waals surface area (Å²) < 4.78 is 5.40. The summed E-state index contributed by atoms with van der Waals surface area (Å²) >= 11 is 0. The Balaban J connectivity index is 1.81. The normalized spacial score (nSPS) is 22.3. The minimum absolute atomic E-state index is 0.133. The van der Waals surface area contributed by atoms with Gasteiger partial charge in [0.15, 0.2) is 0 Å². The van der Waals surface area contributed by atoms with Gasteiger partial charge in [0.25, 0.3) is 0 Å². The van der Waals surface area contributed by atoms with Crippen molar-refractivity contribution in [2.24, 2.45) is 5.92 Å². The van der Waals surface area contributed by atoms with E-state index >= 15 is 0 Å². The average Bonchev–Trinajstić information content (AvgIpc) is 2.41. The highest BCUT2D eigenvalue weighted by atomic mass is 16.5. The van der Waals surface area contributed by atoms with Gasteiger partial charge in [-0.3, -0.25) is 4.79 Å². The summed E-state index contributed by atoms with van der Waals surface area (Å²) in [5, 5.41) is 3.17. The van der Waals surface area contributed by atoms with E-state index in [0.29, 0.717) is 19.1 Å². The Morgan fingerprint density at radius 3 is 2.70 bits per heavy atom. The number of nitrogens with one attached hydrogen (secondary N) is 1. The molecule has 1 aromatic rings. The fraction of sp³-hybridized carbons (Fsp3) is 0.588. The molecule has 3 heteroatoms. The van der Waals surface area contributed by atoms with Crippen LogP contribution in [0.2, 0.25) is 0 Å². The molecular formula is C17H25NO2. The third-order valence-corrected chi connectivity index (χ3v) is 3.90. The van der Waals surface area contributed by atoms with E-state index in [-0.39, 0.29) is 5.91 Å². The highest BCUT2D eigenvalue weighted by Gasteiger charge is 2.20. The van der Waals surface area contributed by atoms with Crippen molar-refractivity contribution in [1.29, 1.82) is 0 Å². The van der Waals surface area contributed by atoms with E-state index < -0.39 is 0 Å². The first-order valence-corrected chi connectivity index (χ1v) is 7.68. The monoisotopic (exact) mass is 275 g/mol.